The Morgan fingerprint density at radius 2 is 2.28 bits per heavy atom. The van der Waals surface area contributed by atoms with Crippen LogP contribution in [0.15, 0.2) is 16.8 Å². The highest BCUT2D eigenvalue weighted by Gasteiger charge is 2.16. The lowest BCUT2D eigenvalue weighted by Gasteiger charge is -2.13. The zero-order valence-corrected chi connectivity index (χ0v) is 11.2. The third-order valence-corrected chi connectivity index (χ3v) is 3.97. The number of aliphatic hydroxyl groups is 1. The lowest BCUT2D eigenvalue weighted by atomic mass is 10.2. The quantitative estimate of drug-likeness (QED) is 0.731. The van der Waals surface area contributed by atoms with E-state index >= 15 is 0 Å². The molecule has 1 aliphatic rings. The Bertz CT molecular complexity index is 361. The molecule has 0 saturated heterocycles. The van der Waals surface area contributed by atoms with Gasteiger partial charge >= 0.3 is 0 Å². The van der Waals surface area contributed by atoms with Crippen molar-refractivity contribution in [3.63, 3.8) is 0 Å². The van der Waals surface area contributed by atoms with E-state index in [0.717, 1.165) is 18.4 Å². The van der Waals surface area contributed by atoms with Crippen LogP contribution in [0.5, 0.6) is 0 Å². The second-order valence-electron chi connectivity index (χ2n) is 4.75. The minimum atomic E-state index is -0.532. The maximum absolute atomic E-state index is 11.6. The average Bonchev–Trinajstić information content (AvgIpc) is 3.00. The number of amides is 1. The lowest BCUT2D eigenvalue weighted by Crippen LogP contribution is -2.40. The molecule has 0 radical (unpaired) electrons. The number of rotatable bonds is 6. The number of carbonyl (C=O) groups is 1. The van der Waals surface area contributed by atoms with Gasteiger partial charge in [0.05, 0.1) is 12.6 Å². The van der Waals surface area contributed by atoms with E-state index < -0.39 is 6.10 Å². The molecule has 0 aliphatic heterocycles. The molecule has 1 amide bonds. The van der Waals surface area contributed by atoms with Gasteiger partial charge in [0, 0.05) is 12.6 Å². The third kappa shape index (κ3) is 4.08. The largest absolute Gasteiger partial charge is 0.387 e. The predicted octanol–water partition coefficient (Wildman–Crippen LogP) is 1.43. The highest BCUT2D eigenvalue weighted by atomic mass is 32.1. The number of carbonyl (C=O) groups excluding carboxylic acids is 1. The summed E-state index contributed by atoms with van der Waals surface area (Å²) < 4.78 is 0. The summed E-state index contributed by atoms with van der Waals surface area (Å²) in [6.07, 6.45) is 4.10. The van der Waals surface area contributed by atoms with Crippen molar-refractivity contribution in [3.8, 4) is 0 Å². The zero-order chi connectivity index (χ0) is 12.8. The SMILES string of the molecule is O=C(CNCC(O)c1ccsc1)NC1CCCC1. The van der Waals surface area contributed by atoms with E-state index in [-0.39, 0.29) is 12.5 Å². The van der Waals surface area contributed by atoms with Gasteiger partial charge in [0.2, 0.25) is 5.91 Å². The van der Waals surface area contributed by atoms with Gasteiger partial charge in [-0.1, -0.05) is 12.8 Å². The smallest absolute Gasteiger partial charge is 0.234 e. The number of nitrogens with one attached hydrogen (secondary N) is 2. The first-order chi connectivity index (χ1) is 8.75. The molecule has 1 aliphatic carbocycles. The normalized spacial score (nSPS) is 17.8. The summed E-state index contributed by atoms with van der Waals surface area (Å²) in [7, 11) is 0. The molecule has 0 bridgehead atoms. The van der Waals surface area contributed by atoms with Gasteiger partial charge in [0.1, 0.15) is 0 Å². The molecule has 3 N–H and O–H groups in total. The van der Waals surface area contributed by atoms with Crippen LogP contribution in [0.25, 0.3) is 0 Å². The first-order valence-corrected chi connectivity index (χ1v) is 7.40. The third-order valence-electron chi connectivity index (χ3n) is 3.27. The van der Waals surface area contributed by atoms with Gasteiger partial charge in [0.15, 0.2) is 0 Å². The number of hydrogen-bond donors (Lipinski definition) is 3. The van der Waals surface area contributed by atoms with Gasteiger partial charge in [-0.25, -0.2) is 0 Å². The molecular weight excluding hydrogens is 248 g/mol. The lowest BCUT2D eigenvalue weighted by molar-refractivity contribution is -0.120. The highest BCUT2D eigenvalue weighted by molar-refractivity contribution is 7.07. The molecule has 1 atom stereocenters. The fraction of sp³-hybridized carbons (Fsp3) is 0.615. The molecule has 18 heavy (non-hydrogen) atoms. The van der Waals surface area contributed by atoms with Crippen LogP contribution in [-0.4, -0.2) is 30.1 Å². The molecule has 100 valence electrons. The van der Waals surface area contributed by atoms with E-state index in [1.165, 1.54) is 12.8 Å². The average molecular weight is 268 g/mol. The number of hydrogen-bond acceptors (Lipinski definition) is 4. The fourth-order valence-corrected chi connectivity index (χ4v) is 2.96. The Labute approximate surface area is 111 Å². The van der Waals surface area contributed by atoms with Gasteiger partial charge in [-0.2, -0.15) is 11.3 Å². The summed E-state index contributed by atoms with van der Waals surface area (Å²) in [6, 6.07) is 2.26. The monoisotopic (exact) mass is 268 g/mol. The van der Waals surface area contributed by atoms with Crippen molar-refractivity contribution in [1.82, 2.24) is 10.6 Å². The molecular formula is C13H20N2O2S. The summed E-state index contributed by atoms with van der Waals surface area (Å²) in [5.41, 5.74) is 0.906. The summed E-state index contributed by atoms with van der Waals surface area (Å²) in [5.74, 6) is 0.0272. The molecule has 1 aromatic heterocycles. The van der Waals surface area contributed by atoms with Crippen molar-refractivity contribution in [1.29, 1.82) is 0 Å². The Hall–Kier alpha value is -0.910. The Kier molecular flexibility index (Phi) is 5.16. The van der Waals surface area contributed by atoms with Crippen LogP contribution < -0.4 is 10.6 Å². The first-order valence-electron chi connectivity index (χ1n) is 6.46. The minimum Gasteiger partial charge on any atom is -0.387 e. The van der Waals surface area contributed by atoms with Gasteiger partial charge in [-0.3, -0.25) is 4.79 Å². The molecule has 5 heteroatoms. The van der Waals surface area contributed by atoms with Crippen LogP contribution in [0, 0.1) is 0 Å². The van der Waals surface area contributed by atoms with Crippen molar-refractivity contribution in [2.75, 3.05) is 13.1 Å². The van der Waals surface area contributed by atoms with Crippen LogP contribution in [0.4, 0.5) is 0 Å². The van der Waals surface area contributed by atoms with Gasteiger partial charge in [-0.15, -0.1) is 0 Å². The second-order valence-corrected chi connectivity index (χ2v) is 5.53. The first kappa shape index (κ1) is 13.5. The summed E-state index contributed by atoms with van der Waals surface area (Å²) >= 11 is 1.56. The molecule has 0 spiro atoms. The van der Waals surface area contributed by atoms with Crippen LogP contribution in [-0.2, 0) is 4.79 Å². The van der Waals surface area contributed by atoms with Gasteiger partial charge in [-0.05, 0) is 35.2 Å². The molecule has 1 heterocycles. The standard InChI is InChI=1S/C13H20N2O2S/c16-12(10-5-6-18-9-10)7-14-8-13(17)15-11-3-1-2-4-11/h5-6,9,11-12,14,16H,1-4,7-8H2,(H,15,17). The van der Waals surface area contributed by atoms with E-state index in [0.29, 0.717) is 12.6 Å². The van der Waals surface area contributed by atoms with Crippen LogP contribution in [0.1, 0.15) is 37.4 Å². The Morgan fingerprint density at radius 1 is 1.50 bits per heavy atom. The molecule has 1 unspecified atom stereocenters. The van der Waals surface area contributed by atoms with Crippen molar-refractivity contribution in [2.45, 2.75) is 37.8 Å². The predicted molar refractivity (Wildman–Crippen MR) is 72.5 cm³/mol. The highest BCUT2D eigenvalue weighted by Crippen LogP contribution is 2.17. The van der Waals surface area contributed by atoms with E-state index in [9.17, 15) is 9.90 Å². The van der Waals surface area contributed by atoms with Crippen LogP contribution in [0.2, 0.25) is 0 Å². The van der Waals surface area contributed by atoms with Gasteiger partial charge in [0.25, 0.3) is 0 Å². The molecule has 1 saturated carbocycles. The second kappa shape index (κ2) is 6.87. The van der Waals surface area contributed by atoms with Crippen LogP contribution in [0.3, 0.4) is 0 Å². The van der Waals surface area contributed by atoms with E-state index in [1.807, 2.05) is 16.8 Å². The van der Waals surface area contributed by atoms with Crippen LogP contribution >= 0.6 is 11.3 Å². The van der Waals surface area contributed by atoms with Crippen molar-refractivity contribution >= 4 is 17.2 Å². The maximum Gasteiger partial charge on any atom is 0.234 e. The van der Waals surface area contributed by atoms with E-state index in [1.54, 1.807) is 11.3 Å². The van der Waals surface area contributed by atoms with Crippen molar-refractivity contribution in [2.24, 2.45) is 0 Å². The van der Waals surface area contributed by atoms with E-state index in [2.05, 4.69) is 10.6 Å². The van der Waals surface area contributed by atoms with Crippen molar-refractivity contribution in [3.05, 3.63) is 22.4 Å². The molecule has 4 nitrogen and oxygen atoms in total. The zero-order valence-electron chi connectivity index (χ0n) is 10.4. The number of aliphatic hydroxyl groups excluding tert-OH is 1. The molecule has 0 aromatic carbocycles. The summed E-state index contributed by atoms with van der Waals surface area (Å²) in [6.45, 7) is 0.687. The maximum atomic E-state index is 11.6. The topological polar surface area (TPSA) is 61.4 Å². The Morgan fingerprint density at radius 3 is 2.94 bits per heavy atom. The fourth-order valence-electron chi connectivity index (χ4n) is 2.25. The molecule has 2 rings (SSSR count). The van der Waals surface area contributed by atoms with Gasteiger partial charge < -0.3 is 15.7 Å². The molecule has 1 fully saturated rings. The summed E-state index contributed by atoms with van der Waals surface area (Å²) in [5, 5.41) is 19.7. The summed E-state index contributed by atoms with van der Waals surface area (Å²) in [4.78, 5) is 11.6. The minimum absolute atomic E-state index is 0.0272. The van der Waals surface area contributed by atoms with E-state index in [4.69, 9.17) is 0 Å². The molecule has 1 aromatic rings. The Balaban J connectivity index is 1.61. The van der Waals surface area contributed by atoms with Crippen molar-refractivity contribution < 1.29 is 9.90 Å². The number of thiophene rings is 1.